The average molecular weight is 378 g/mol. The largest absolute Gasteiger partial charge is 1.00 e. The van der Waals surface area contributed by atoms with Gasteiger partial charge in [-0.15, -0.1) is 0 Å². The van der Waals surface area contributed by atoms with Gasteiger partial charge in [0.15, 0.2) is 0 Å². The predicted molar refractivity (Wildman–Crippen MR) is 65.3 cm³/mol. The van der Waals surface area contributed by atoms with Crippen molar-refractivity contribution in [2.75, 3.05) is 5.75 Å². The van der Waals surface area contributed by atoms with Gasteiger partial charge >= 0.3 is 137 Å². The van der Waals surface area contributed by atoms with Crippen molar-refractivity contribution < 1.29 is 42.5 Å². The van der Waals surface area contributed by atoms with Crippen LogP contribution in [0.5, 0.6) is 0 Å². The van der Waals surface area contributed by atoms with Gasteiger partial charge in [-0.1, -0.05) is 0 Å². The van der Waals surface area contributed by atoms with Gasteiger partial charge in [-0.05, 0) is 0 Å². The molecule has 1 aromatic rings. The third kappa shape index (κ3) is 7.17. The second-order valence-corrected chi connectivity index (χ2v) is 8.36. The molecule has 17 heavy (non-hydrogen) atoms. The van der Waals surface area contributed by atoms with Crippen LogP contribution >= 0.6 is 0 Å². The van der Waals surface area contributed by atoms with Crippen molar-refractivity contribution in [3.05, 3.63) is 29.3 Å². The fourth-order valence-corrected chi connectivity index (χ4v) is 5.60. The molecule has 0 heterocycles. The molecule has 0 saturated heterocycles. The third-order valence-electron chi connectivity index (χ3n) is 2.19. The molecule has 0 aliphatic heterocycles. The Morgan fingerprint density at radius 1 is 1.24 bits per heavy atom. The predicted octanol–water partition coefficient (Wildman–Crippen LogP) is -2.01. The van der Waals surface area contributed by atoms with E-state index in [4.69, 9.17) is 0 Å². The molecule has 6 heteroatoms. The number of rotatable bonds is 5. The van der Waals surface area contributed by atoms with Crippen LogP contribution in [0, 0.1) is 13.8 Å². The van der Waals surface area contributed by atoms with Gasteiger partial charge in [0.2, 0.25) is 0 Å². The molecule has 0 aliphatic rings. The van der Waals surface area contributed by atoms with Crippen LogP contribution in [-0.4, -0.2) is 39.6 Å². The summed E-state index contributed by atoms with van der Waals surface area (Å²) in [6.45, 7) is 4.16. The Kier molecular flexibility index (Phi) is 8.60. The topological polar surface area (TPSA) is 57.2 Å². The summed E-state index contributed by atoms with van der Waals surface area (Å²) in [5.41, 5.74) is 2.57. The first kappa shape index (κ1) is 17.9. The van der Waals surface area contributed by atoms with E-state index in [1.54, 1.807) is 0 Å². The zero-order valence-corrected chi connectivity index (χ0v) is 15.5. The van der Waals surface area contributed by atoms with Gasteiger partial charge in [0.25, 0.3) is 0 Å². The monoisotopic (exact) mass is 380 g/mol. The molecule has 0 unspecified atom stereocenters. The summed E-state index contributed by atoms with van der Waals surface area (Å²) in [5.74, 6) is -0.220. The Bertz CT molecular complexity index is 440. The Hall–Kier alpha value is 0.920. The molecule has 0 aliphatic carbocycles. The maximum Gasteiger partial charge on any atom is 1.00 e. The molecule has 0 radical (unpaired) electrons. The minimum absolute atomic E-state index is 0. The van der Waals surface area contributed by atoms with Crippen molar-refractivity contribution >= 4 is 34.7 Å². The number of hydrogen-bond acceptors (Lipinski definition) is 3. The van der Waals surface area contributed by atoms with E-state index in [1.165, 1.54) is 14.7 Å². The summed E-state index contributed by atoms with van der Waals surface area (Å²) in [7, 11) is -4.03. The maximum atomic E-state index is 10.4. The molecule has 3 nitrogen and oxygen atoms in total. The van der Waals surface area contributed by atoms with E-state index in [0.717, 1.165) is 4.47 Å². The third-order valence-corrected chi connectivity index (χ3v) is 7.05. The zero-order chi connectivity index (χ0) is 12.2. The van der Waals surface area contributed by atoms with Gasteiger partial charge in [0, 0.05) is 0 Å². The average Bonchev–Trinajstić information content (AvgIpc) is 2.14. The molecular weight excluding hydrogens is 363 g/mol. The van der Waals surface area contributed by atoms with Crippen LogP contribution in [0.1, 0.15) is 17.5 Å². The van der Waals surface area contributed by atoms with Crippen molar-refractivity contribution in [2.24, 2.45) is 0 Å². The molecule has 0 N–H and O–H groups in total. The molecule has 0 amide bonds. The second kappa shape index (κ2) is 8.16. The molecular formula is C11H15NaO3STe. The first-order chi connectivity index (χ1) is 7.40. The van der Waals surface area contributed by atoms with Crippen molar-refractivity contribution in [1.82, 2.24) is 0 Å². The van der Waals surface area contributed by atoms with Gasteiger partial charge in [-0.25, -0.2) is 0 Å². The van der Waals surface area contributed by atoms with Crippen LogP contribution in [-0.2, 0) is 10.1 Å². The smallest absolute Gasteiger partial charge is 1.00 e. The van der Waals surface area contributed by atoms with Crippen LogP contribution < -0.4 is 33.2 Å². The molecule has 1 aromatic carbocycles. The molecule has 0 fully saturated rings. The quantitative estimate of drug-likeness (QED) is 0.338. The first-order valence-corrected chi connectivity index (χ1v) is 9.42. The van der Waals surface area contributed by atoms with Gasteiger partial charge in [0.05, 0.1) is 0 Å². The summed E-state index contributed by atoms with van der Waals surface area (Å²) in [6.07, 6.45) is 0.502. The maximum absolute atomic E-state index is 10.4. The number of benzene rings is 1. The van der Waals surface area contributed by atoms with Gasteiger partial charge in [0.1, 0.15) is 0 Å². The van der Waals surface area contributed by atoms with E-state index < -0.39 is 10.1 Å². The Labute approximate surface area is 136 Å². The van der Waals surface area contributed by atoms with E-state index in [9.17, 15) is 13.0 Å². The van der Waals surface area contributed by atoms with Gasteiger partial charge < -0.3 is 0 Å². The fourth-order valence-electron chi connectivity index (χ4n) is 1.44. The molecule has 1 rings (SSSR count). The number of aryl methyl sites for hydroxylation is 2. The minimum atomic E-state index is -4.03. The molecule has 0 aromatic heterocycles. The fraction of sp³-hybridized carbons (Fsp3) is 0.455. The standard InChI is InChI=1S/C11H16O3STe.Na/c1-9-5-3-6-10(2)11(9)16-8-4-7-15(12,13)14;/h3,5-6H,4,7-8H2,1-2H3,(H,12,13,14);/q;+1/p-1. The van der Waals surface area contributed by atoms with Gasteiger partial charge in [-0.3, -0.25) is 0 Å². The van der Waals surface area contributed by atoms with Crippen LogP contribution in [0.15, 0.2) is 18.2 Å². The zero-order valence-electron chi connectivity index (χ0n) is 10.4. The van der Waals surface area contributed by atoms with E-state index in [0.29, 0.717) is 6.42 Å². The minimum Gasteiger partial charge on any atom is 1.00 e. The summed E-state index contributed by atoms with van der Waals surface area (Å²) in [5, 5.41) is 0. The number of hydrogen-bond donors (Lipinski definition) is 0. The second-order valence-electron chi connectivity index (χ2n) is 3.68. The van der Waals surface area contributed by atoms with E-state index >= 15 is 0 Å². The van der Waals surface area contributed by atoms with Crippen LogP contribution in [0.2, 0.25) is 4.47 Å². The van der Waals surface area contributed by atoms with Crippen LogP contribution in [0.3, 0.4) is 0 Å². The molecule has 0 saturated carbocycles. The molecule has 0 atom stereocenters. The summed E-state index contributed by atoms with van der Waals surface area (Å²) in [6, 6.07) is 6.19. The van der Waals surface area contributed by atoms with E-state index in [1.807, 2.05) is 6.07 Å². The molecule has 0 spiro atoms. The Morgan fingerprint density at radius 3 is 2.24 bits per heavy atom. The first-order valence-electron chi connectivity index (χ1n) is 5.03. The Morgan fingerprint density at radius 2 is 1.76 bits per heavy atom. The molecule has 0 bridgehead atoms. The van der Waals surface area contributed by atoms with Crippen LogP contribution in [0.4, 0.5) is 0 Å². The van der Waals surface area contributed by atoms with E-state index in [-0.39, 0.29) is 56.2 Å². The summed E-state index contributed by atoms with van der Waals surface area (Å²) < 4.78 is 33.6. The van der Waals surface area contributed by atoms with Crippen molar-refractivity contribution in [3.8, 4) is 0 Å². The normalized spacial score (nSPS) is 11.0. The van der Waals surface area contributed by atoms with Crippen molar-refractivity contribution in [2.45, 2.75) is 24.7 Å². The SMILES string of the molecule is Cc1cccc(C)c1[Te]CCCS(=O)(=O)[O-].[Na+]. The Balaban J connectivity index is 0.00000256. The van der Waals surface area contributed by atoms with Crippen molar-refractivity contribution in [3.63, 3.8) is 0 Å². The van der Waals surface area contributed by atoms with Crippen molar-refractivity contribution in [1.29, 1.82) is 0 Å². The summed E-state index contributed by atoms with van der Waals surface area (Å²) >= 11 is -0.359. The summed E-state index contributed by atoms with van der Waals surface area (Å²) in [4.78, 5) is 0. The molecule has 90 valence electrons. The van der Waals surface area contributed by atoms with Crippen LogP contribution in [0.25, 0.3) is 0 Å². The van der Waals surface area contributed by atoms with Gasteiger partial charge in [-0.2, -0.15) is 0 Å². The van der Waals surface area contributed by atoms with E-state index in [2.05, 4.69) is 26.0 Å².